The molecule has 0 spiro atoms. The van der Waals surface area contributed by atoms with Gasteiger partial charge in [0.25, 0.3) is 0 Å². The highest BCUT2D eigenvalue weighted by Gasteiger charge is 2.05. The third kappa shape index (κ3) is 2.42. The molecule has 0 saturated carbocycles. The van der Waals surface area contributed by atoms with Crippen molar-refractivity contribution >= 4 is 63.5 Å². The molecular weight excluding hydrogens is 430 g/mol. The molecule has 0 aliphatic carbocycles. The Labute approximate surface area is 120 Å². The average Bonchev–Trinajstić information content (AvgIpc) is 2.27. The van der Waals surface area contributed by atoms with Crippen molar-refractivity contribution in [1.82, 2.24) is 0 Å². The van der Waals surface area contributed by atoms with Gasteiger partial charge in [-0.15, -0.1) is 0 Å². The van der Waals surface area contributed by atoms with Crippen molar-refractivity contribution in [2.45, 2.75) is 0 Å². The lowest BCUT2D eigenvalue weighted by molar-refractivity contribution is 0.109. The molecule has 4 heteroatoms. The summed E-state index contributed by atoms with van der Waals surface area (Å²) in [5.41, 5.74) is 1.36. The van der Waals surface area contributed by atoms with Gasteiger partial charge in [0, 0.05) is 56.3 Å². The second kappa shape index (κ2) is 4.79. The minimum atomic E-state index is 0.0218. The van der Waals surface area contributed by atoms with Gasteiger partial charge < -0.3 is 0 Å². The van der Waals surface area contributed by atoms with Gasteiger partial charge in [-0.25, -0.2) is 0 Å². The molecule has 0 radical (unpaired) electrons. The van der Waals surface area contributed by atoms with Crippen molar-refractivity contribution in [3.63, 3.8) is 0 Å². The molecule has 0 aromatic heterocycles. The fourth-order valence-electron chi connectivity index (χ4n) is 1.49. The summed E-state index contributed by atoms with van der Waals surface area (Å²) < 4.78 is 0.0436. The Morgan fingerprint density at radius 1 is 0.750 bits per heavy atom. The number of carbonyl (C=O) groups excluding carboxylic acids is 2. The number of hydrogen-bond donors (Lipinski definition) is 0. The van der Waals surface area contributed by atoms with Crippen molar-refractivity contribution in [1.29, 1.82) is 0 Å². The van der Waals surface area contributed by atoms with E-state index in [0.29, 0.717) is 11.1 Å². The first-order valence-electron chi connectivity index (χ1n) is 4.51. The Balaban J connectivity index is 2.61. The molecule has 0 aliphatic rings. The lowest BCUT2D eigenvalue weighted by atomic mass is 10.1. The number of fused-ring (bicyclic) bond motifs is 1. The summed E-state index contributed by atoms with van der Waals surface area (Å²) in [4.78, 5) is 22.4. The van der Waals surface area contributed by atoms with Gasteiger partial charge >= 0.3 is 0 Å². The molecule has 0 aliphatic heterocycles. The quantitative estimate of drug-likeness (QED) is 0.528. The average molecular weight is 436 g/mol. The van der Waals surface area contributed by atoms with Crippen LogP contribution < -0.4 is 0 Å². The Bertz CT molecular complexity index is 537. The Morgan fingerprint density at radius 3 is 1.44 bits per heavy atom. The van der Waals surface area contributed by atoms with E-state index in [9.17, 15) is 9.59 Å². The van der Waals surface area contributed by atoms with Crippen LogP contribution in [0.4, 0.5) is 0 Å². The molecule has 0 unspecified atom stereocenters. The summed E-state index contributed by atoms with van der Waals surface area (Å²) >= 11 is 3.53. The first-order chi connectivity index (χ1) is 7.58. The van der Waals surface area contributed by atoms with Crippen LogP contribution in [0.5, 0.6) is 0 Å². The maximum absolute atomic E-state index is 11.2. The number of hydrogen-bond acceptors (Lipinski definition) is 2. The largest absolute Gasteiger partial charge is 0.282 e. The summed E-state index contributed by atoms with van der Waals surface area (Å²) in [7, 11) is 0. The molecule has 2 rings (SSSR count). The molecule has 0 fully saturated rings. The van der Waals surface area contributed by atoms with Crippen LogP contribution in [0, 0.1) is 0 Å². The van der Waals surface area contributed by atoms with Crippen molar-refractivity contribution in [2.75, 3.05) is 0 Å². The molecule has 0 amide bonds. The predicted molar refractivity (Wildman–Crippen MR) is 80.6 cm³/mol. The van der Waals surface area contributed by atoms with Crippen LogP contribution in [-0.2, 0) is 0 Å². The summed E-state index contributed by atoms with van der Waals surface area (Å²) in [6, 6.07) is 11.0. The molecule has 16 heavy (non-hydrogen) atoms. The molecular formula is C12H6I2O2. The Kier molecular flexibility index (Phi) is 3.58. The lowest BCUT2D eigenvalue weighted by Crippen LogP contribution is -1.90. The third-order valence-electron chi connectivity index (χ3n) is 2.29. The Morgan fingerprint density at radius 2 is 1.12 bits per heavy atom. The second-order valence-electron chi connectivity index (χ2n) is 3.32. The maximum atomic E-state index is 11.2. The van der Waals surface area contributed by atoms with Crippen LogP contribution in [0.25, 0.3) is 10.8 Å². The van der Waals surface area contributed by atoms with Gasteiger partial charge in [0.15, 0.2) is 0 Å². The van der Waals surface area contributed by atoms with E-state index in [0.717, 1.165) is 10.8 Å². The number of carbonyl (C=O) groups is 2. The normalized spacial score (nSPS) is 10.4. The van der Waals surface area contributed by atoms with Crippen LogP contribution in [0.1, 0.15) is 20.7 Å². The predicted octanol–water partition coefficient (Wildman–Crippen LogP) is 3.99. The highest BCUT2D eigenvalue weighted by molar-refractivity contribution is 14.1. The minimum absolute atomic E-state index is 0.0218. The molecule has 2 aromatic carbocycles. The van der Waals surface area contributed by atoms with Crippen LogP contribution in [0.3, 0.4) is 0 Å². The minimum Gasteiger partial charge on any atom is -0.282 e. The van der Waals surface area contributed by atoms with Crippen LogP contribution in [0.2, 0.25) is 0 Å². The highest BCUT2D eigenvalue weighted by Crippen LogP contribution is 2.20. The van der Waals surface area contributed by atoms with E-state index in [4.69, 9.17) is 0 Å². The molecule has 0 bridgehead atoms. The zero-order valence-corrected chi connectivity index (χ0v) is 12.4. The van der Waals surface area contributed by atoms with E-state index >= 15 is 0 Å². The number of benzene rings is 2. The monoisotopic (exact) mass is 436 g/mol. The van der Waals surface area contributed by atoms with Crippen LogP contribution >= 0.6 is 45.2 Å². The van der Waals surface area contributed by atoms with E-state index in [1.54, 1.807) is 57.3 Å². The molecule has 0 heterocycles. The Hall–Kier alpha value is -0.500. The van der Waals surface area contributed by atoms with Crippen molar-refractivity contribution in [2.24, 2.45) is 0 Å². The first kappa shape index (κ1) is 12.0. The molecule has 2 nitrogen and oxygen atoms in total. The second-order valence-corrected chi connectivity index (χ2v) is 5.28. The zero-order valence-electron chi connectivity index (χ0n) is 8.04. The van der Waals surface area contributed by atoms with Gasteiger partial charge in [-0.3, -0.25) is 9.59 Å². The van der Waals surface area contributed by atoms with E-state index in [1.165, 1.54) is 0 Å². The van der Waals surface area contributed by atoms with Gasteiger partial charge in [0.1, 0.15) is 0 Å². The number of rotatable bonds is 2. The SMILES string of the molecule is O=C(I)c1ccc2cc(C(=O)I)ccc2c1. The molecule has 0 N–H and O–H groups in total. The van der Waals surface area contributed by atoms with E-state index in [2.05, 4.69) is 0 Å². The smallest absolute Gasteiger partial charge is 0.222 e. The molecule has 0 atom stereocenters. The summed E-state index contributed by atoms with van der Waals surface area (Å²) in [6.45, 7) is 0. The van der Waals surface area contributed by atoms with E-state index in [-0.39, 0.29) is 7.58 Å². The maximum Gasteiger partial charge on any atom is 0.222 e. The summed E-state index contributed by atoms with van der Waals surface area (Å²) in [5, 5.41) is 1.95. The van der Waals surface area contributed by atoms with Crippen molar-refractivity contribution in [3.8, 4) is 0 Å². The van der Waals surface area contributed by atoms with Crippen LogP contribution in [-0.4, -0.2) is 7.58 Å². The topological polar surface area (TPSA) is 34.1 Å². The highest BCUT2D eigenvalue weighted by atomic mass is 127. The lowest BCUT2D eigenvalue weighted by Gasteiger charge is -2.01. The van der Waals surface area contributed by atoms with Gasteiger partial charge in [-0.05, 0) is 35.0 Å². The summed E-state index contributed by atoms with van der Waals surface area (Å²) in [6.07, 6.45) is 0. The summed E-state index contributed by atoms with van der Waals surface area (Å²) in [5.74, 6) is 0. The van der Waals surface area contributed by atoms with Crippen LogP contribution in [0.15, 0.2) is 36.4 Å². The standard InChI is InChI=1S/C12H6I2O2/c13-11(15)9-3-1-7-5-10(12(14)16)4-2-8(7)6-9/h1-6H. The fourth-order valence-corrected chi connectivity index (χ4v) is 2.16. The molecule has 2 aromatic rings. The fraction of sp³-hybridized carbons (Fsp3) is 0. The van der Waals surface area contributed by atoms with E-state index < -0.39 is 0 Å². The van der Waals surface area contributed by atoms with E-state index in [1.807, 2.05) is 24.3 Å². The first-order valence-corrected chi connectivity index (χ1v) is 6.67. The van der Waals surface area contributed by atoms with Gasteiger partial charge in [-0.2, -0.15) is 0 Å². The van der Waals surface area contributed by atoms with Crippen molar-refractivity contribution < 1.29 is 9.59 Å². The molecule has 0 saturated heterocycles. The zero-order chi connectivity index (χ0) is 11.7. The third-order valence-corrected chi connectivity index (χ3v) is 3.54. The molecule has 80 valence electrons. The van der Waals surface area contributed by atoms with Gasteiger partial charge in [0.05, 0.1) is 0 Å². The van der Waals surface area contributed by atoms with Gasteiger partial charge in [0.2, 0.25) is 7.58 Å². The van der Waals surface area contributed by atoms with Gasteiger partial charge in [-0.1, -0.05) is 12.1 Å². The number of halogens is 2. The van der Waals surface area contributed by atoms with Crippen molar-refractivity contribution in [3.05, 3.63) is 47.5 Å².